The first-order valence-corrected chi connectivity index (χ1v) is 6.51. The molecule has 0 aromatic heterocycles. The molecule has 0 aromatic carbocycles. The van der Waals surface area contributed by atoms with Crippen LogP contribution in [0.4, 0.5) is 0 Å². The highest BCUT2D eigenvalue weighted by atomic mass is 16.2. The van der Waals surface area contributed by atoms with Gasteiger partial charge in [-0.2, -0.15) is 0 Å². The summed E-state index contributed by atoms with van der Waals surface area (Å²) in [6.07, 6.45) is 5.08. The Morgan fingerprint density at radius 2 is 1.88 bits per heavy atom. The number of carbonyl (C=O) groups is 1. The molecule has 1 fully saturated rings. The van der Waals surface area contributed by atoms with Crippen LogP contribution >= 0.6 is 0 Å². The van der Waals surface area contributed by atoms with Gasteiger partial charge in [0, 0.05) is 19.1 Å². The van der Waals surface area contributed by atoms with E-state index in [1.165, 1.54) is 25.7 Å². The molecule has 0 aliphatic heterocycles. The van der Waals surface area contributed by atoms with Crippen LogP contribution in [0.2, 0.25) is 0 Å². The second-order valence-electron chi connectivity index (χ2n) is 5.35. The summed E-state index contributed by atoms with van der Waals surface area (Å²) in [5.41, 5.74) is 0. The van der Waals surface area contributed by atoms with Gasteiger partial charge in [0.15, 0.2) is 0 Å². The number of amides is 1. The summed E-state index contributed by atoms with van der Waals surface area (Å²) >= 11 is 0. The lowest BCUT2D eigenvalue weighted by atomic mass is 10.1. The van der Waals surface area contributed by atoms with E-state index in [1.54, 1.807) is 0 Å². The van der Waals surface area contributed by atoms with Crippen LogP contribution in [0.1, 0.15) is 46.5 Å². The van der Waals surface area contributed by atoms with Gasteiger partial charge >= 0.3 is 0 Å². The minimum atomic E-state index is 0.216. The first kappa shape index (κ1) is 13.5. The van der Waals surface area contributed by atoms with Gasteiger partial charge in [0.25, 0.3) is 0 Å². The van der Waals surface area contributed by atoms with Crippen LogP contribution in [0, 0.1) is 5.92 Å². The number of rotatable bonds is 5. The lowest BCUT2D eigenvalue weighted by Crippen LogP contribution is -2.44. The molecule has 0 bridgehead atoms. The summed E-state index contributed by atoms with van der Waals surface area (Å²) in [6, 6.07) is 0.893. The fourth-order valence-electron chi connectivity index (χ4n) is 2.16. The van der Waals surface area contributed by atoms with E-state index in [4.69, 9.17) is 0 Å². The average Bonchev–Trinajstić information content (AvgIpc) is 2.76. The molecule has 3 heteroatoms. The van der Waals surface area contributed by atoms with Crippen molar-refractivity contribution in [3.8, 4) is 0 Å². The predicted molar refractivity (Wildman–Crippen MR) is 67.3 cm³/mol. The monoisotopic (exact) mass is 226 g/mol. The fraction of sp³-hybridized carbons (Fsp3) is 0.923. The van der Waals surface area contributed by atoms with Crippen LogP contribution in [0.15, 0.2) is 0 Å². The first-order valence-electron chi connectivity index (χ1n) is 6.51. The van der Waals surface area contributed by atoms with Crippen molar-refractivity contribution in [2.24, 2.45) is 5.92 Å². The highest BCUT2D eigenvalue weighted by Crippen LogP contribution is 2.17. The molecule has 1 aliphatic rings. The Hall–Kier alpha value is -0.570. The molecule has 94 valence electrons. The minimum Gasteiger partial charge on any atom is -0.342 e. The Bertz CT molecular complexity index is 222. The standard InChI is InChI=1S/C13H26N2O/c1-10(2)11(3)15(4)13(16)9-14-12-7-5-6-8-12/h10-12,14H,5-9H2,1-4H3. The van der Waals surface area contributed by atoms with Gasteiger partial charge in [0.2, 0.25) is 5.91 Å². The van der Waals surface area contributed by atoms with Gasteiger partial charge in [-0.15, -0.1) is 0 Å². The summed E-state index contributed by atoms with van der Waals surface area (Å²) in [5.74, 6) is 0.730. The molecule has 1 N–H and O–H groups in total. The van der Waals surface area contributed by atoms with Crippen molar-refractivity contribution in [2.75, 3.05) is 13.6 Å². The number of likely N-dealkylation sites (N-methyl/N-ethyl adjacent to an activating group) is 1. The second kappa shape index (κ2) is 6.24. The van der Waals surface area contributed by atoms with E-state index < -0.39 is 0 Å². The molecule has 0 aromatic rings. The van der Waals surface area contributed by atoms with Gasteiger partial charge in [0.1, 0.15) is 0 Å². The average molecular weight is 226 g/mol. The van der Waals surface area contributed by atoms with E-state index in [-0.39, 0.29) is 5.91 Å². The molecule has 0 heterocycles. The molecule has 0 saturated heterocycles. The minimum absolute atomic E-state index is 0.216. The third-order valence-corrected chi connectivity index (χ3v) is 3.87. The smallest absolute Gasteiger partial charge is 0.236 e. The molecule has 1 unspecified atom stereocenters. The van der Waals surface area contributed by atoms with Gasteiger partial charge < -0.3 is 10.2 Å². The number of nitrogens with zero attached hydrogens (tertiary/aromatic N) is 1. The van der Waals surface area contributed by atoms with Crippen molar-refractivity contribution in [1.82, 2.24) is 10.2 Å². The zero-order valence-electron chi connectivity index (χ0n) is 11.1. The van der Waals surface area contributed by atoms with Gasteiger partial charge in [-0.3, -0.25) is 4.79 Å². The number of carbonyl (C=O) groups excluding carboxylic acids is 1. The number of hydrogen-bond donors (Lipinski definition) is 1. The zero-order valence-corrected chi connectivity index (χ0v) is 11.1. The first-order chi connectivity index (χ1) is 7.52. The lowest BCUT2D eigenvalue weighted by Gasteiger charge is -2.28. The Kier molecular flexibility index (Phi) is 5.26. The molecule has 16 heavy (non-hydrogen) atoms. The Balaban J connectivity index is 2.27. The molecule has 1 saturated carbocycles. The van der Waals surface area contributed by atoms with Crippen LogP contribution in [0.5, 0.6) is 0 Å². The molecule has 1 rings (SSSR count). The van der Waals surface area contributed by atoms with Crippen molar-refractivity contribution in [3.63, 3.8) is 0 Å². The molecule has 0 radical (unpaired) electrons. The van der Waals surface area contributed by atoms with Crippen molar-refractivity contribution in [1.29, 1.82) is 0 Å². The zero-order chi connectivity index (χ0) is 12.1. The number of nitrogens with one attached hydrogen (secondary N) is 1. The Morgan fingerprint density at radius 3 is 2.38 bits per heavy atom. The summed E-state index contributed by atoms with van der Waals surface area (Å²) in [4.78, 5) is 13.8. The highest BCUT2D eigenvalue weighted by Gasteiger charge is 2.20. The maximum absolute atomic E-state index is 11.9. The summed E-state index contributed by atoms with van der Waals surface area (Å²) < 4.78 is 0. The molecule has 1 amide bonds. The third-order valence-electron chi connectivity index (χ3n) is 3.87. The van der Waals surface area contributed by atoms with Gasteiger partial charge in [-0.1, -0.05) is 26.7 Å². The number of hydrogen-bond acceptors (Lipinski definition) is 2. The van der Waals surface area contributed by atoms with E-state index in [1.807, 2.05) is 11.9 Å². The molecule has 1 atom stereocenters. The second-order valence-corrected chi connectivity index (χ2v) is 5.35. The van der Waals surface area contributed by atoms with E-state index in [0.717, 1.165) is 0 Å². The van der Waals surface area contributed by atoms with Gasteiger partial charge in [-0.05, 0) is 25.7 Å². The fourth-order valence-corrected chi connectivity index (χ4v) is 2.16. The van der Waals surface area contributed by atoms with Crippen LogP contribution in [0.25, 0.3) is 0 Å². The van der Waals surface area contributed by atoms with Crippen LogP contribution in [0.3, 0.4) is 0 Å². The van der Waals surface area contributed by atoms with Gasteiger partial charge in [0.05, 0.1) is 6.54 Å². The quantitative estimate of drug-likeness (QED) is 0.778. The van der Waals surface area contributed by atoms with E-state index >= 15 is 0 Å². The molecular weight excluding hydrogens is 200 g/mol. The SMILES string of the molecule is CC(C)C(C)N(C)C(=O)CNC1CCCC1. The van der Waals surface area contributed by atoms with Crippen molar-refractivity contribution < 1.29 is 4.79 Å². The largest absolute Gasteiger partial charge is 0.342 e. The van der Waals surface area contributed by atoms with Crippen LogP contribution < -0.4 is 5.32 Å². The molecule has 0 spiro atoms. The van der Waals surface area contributed by atoms with E-state index in [2.05, 4.69) is 26.1 Å². The summed E-state index contributed by atoms with van der Waals surface area (Å²) in [5, 5.41) is 3.36. The van der Waals surface area contributed by atoms with Crippen LogP contribution in [-0.4, -0.2) is 36.5 Å². The van der Waals surface area contributed by atoms with E-state index in [0.29, 0.717) is 24.5 Å². The van der Waals surface area contributed by atoms with Crippen molar-refractivity contribution >= 4 is 5.91 Å². The maximum atomic E-state index is 11.9. The highest BCUT2D eigenvalue weighted by molar-refractivity contribution is 5.78. The summed E-state index contributed by atoms with van der Waals surface area (Å²) in [6.45, 7) is 6.91. The molecule has 1 aliphatic carbocycles. The predicted octanol–water partition coefficient (Wildman–Crippen LogP) is 2.02. The normalized spacial score (nSPS) is 19.1. The van der Waals surface area contributed by atoms with Gasteiger partial charge in [-0.25, -0.2) is 0 Å². The van der Waals surface area contributed by atoms with Crippen molar-refractivity contribution in [3.05, 3.63) is 0 Å². The van der Waals surface area contributed by atoms with Crippen LogP contribution in [-0.2, 0) is 4.79 Å². The lowest BCUT2D eigenvalue weighted by molar-refractivity contribution is -0.131. The van der Waals surface area contributed by atoms with E-state index in [9.17, 15) is 4.79 Å². The Morgan fingerprint density at radius 1 is 1.31 bits per heavy atom. The molecular formula is C13H26N2O. The topological polar surface area (TPSA) is 32.3 Å². The maximum Gasteiger partial charge on any atom is 0.236 e. The summed E-state index contributed by atoms with van der Waals surface area (Å²) in [7, 11) is 1.91. The Labute approximate surface area is 99.6 Å². The molecule has 3 nitrogen and oxygen atoms in total. The van der Waals surface area contributed by atoms with Crippen molar-refractivity contribution in [2.45, 2.75) is 58.5 Å². The third kappa shape index (κ3) is 3.78.